The Morgan fingerprint density at radius 3 is 2.86 bits per heavy atom. The predicted octanol–water partition coefficient (Wildman–Crippen LogP) is 1.89. The third-order valence-electron chi connectivity index (χ3n) is 4.18. The molecule has 5 heteroatoms. The van der Waals surface area contributed by atoms with Gasteiger partial charge in [0, 0.05) is 32.2 Å². The van der Waals surface area contributed by atoms with Gasteiger partial charge in [-0.2, -0.15) is 0 Å². The maximum atomic E-state index is 13.6. The molecule has 1 N–H and O–H groups in total. The van der Waals surface area contributed by atoms with E-state index < -0.39 is 6.10 Å². The fraction of sp³-hybridized carbons (Fsp3) is 0.471. The highest BCUT2D eigenvalue weighted by Gasteiger charge is 2.27. The molecule has 2 rings (SSSR count). The lowest BCUT2D eigenvalue weighted by molar-refractivity contribution is -0.130. The summed E-state index contributed by atoms with van der Waals surface area (Å²) in [5.41, 5.74) is 1.15. The molecule has 22 heavy (non-hydrogen) atoms. The number of piperazine rings is 1. The Morgan fingerprint density at radius 2 is 2.27 bits per heavy atom. The molecule has 1 aliphatic heterocycles. The van der Waals surface area contributed by atoms with Gasteiger partial charge in [0.25, 0.3) is 0 Å². The van der Waals surface area contributed by atoms with E-state index in [-0.39, 0.29) is 17.8 Å². The predicted molar refractivity (Wildman–Crippen MR) is 83.9 cm³/mol. The van der Waals surface area contributed by atoms with Crippen molar-refractivity contribution >= 4 is 5.91 Å². The Hall–Kier alpha value is -1.72. The summed E-state index contributed by atoms with van der Waals surface area (Å²) >= 11 is 0. The van der Waals surface area contributed by atoms with E-state index in [9.17, 15) is 14.3 Å². The van der Waals surface area contributed by atoms with Gasteiger partial charge in [-0.25, -0.2) is 4.39 Å². The van der Waals surface area contributed by atoms with Gasteiger partial charge in [-0.15, -0.1) is 0 Å². The molecule has 1 amide bonds. The molecule has 0 saturated carbocycles. The molecular weight excluding hydrogens is 283 g/mol. The first-order valence-electron chi connectivity index (χ1n) is 7.52. The third-order valence-corrected chi connectivity index (χ3v) is 4.18. The average molecular weight is 306 g/mol. The Morgan fingerprint density at radius 1 is 1.55 bits per heavy atom. The van der Waals surface area contributed by atoms with Crippen molar-refractivity contribution in [2.75, 3.05) is 26.2 Å². The van der Waals surface area contributed by atoms with Gasteiger partial charge in [-0.05, 0) is 37.1 Å². The lowest BCUT2D eigenvalue weighted by atomic mass is 10.1. The Kier molecular flexibility index (Phi) is 5.32. The number of hydrogen-bond donors (Lipinski definition) is 1. The average Bonchev–Trinajstić information content (AvgIpc) is 2.49. The topological polar surface area (TPSA) is 43.8 Å². The van der Waals surface area contributed by atoms with Gasteiger partial charge in [0.15, 0.2) is 0 Å². The summed E-state index contributed by atoms with van der Waals surface area (Å²) in [6, 6.07) is 4.89. The molecule has 1 heterocycles. The van der Waals surface area contributed by atoms with Crippen LogP contribution in [0.25, 0.3) is 0 Å². The van der Waals surface area contributed by atoms with E-state index in [2.05, 4.69) is 11.5 Å². The number of halogens is 1. The summed E-state index contributed by atoms with van der Waals surface area (Å²) < 4.78 is 13.6. The largest absolute Gasteiger partial charge is 0.387 e. The van der Waals surface area contributed by atoms with Crippen molar-refractivity contribution in [3.63, 3.8) is 0 Å². The molecule has 0 unspecified atom stereocenters. The molecule has 1 aromatic rings. The highest BCUT2D eigenvalue weighted by Crippen LogP contribution is 2.19. The number of aliphatic hydroxyl groups excluding tert-OH is 1. The number of aryl methyl sites for hydroxylation is 1. The van der Waals surface area contributed by atoms with Crippen molar-refractivity contribution in [1.29, 1.82) is 0 Å². The second kappa shape index (κ2) is 7.03. The van der Waals surface area contributed by atoms with E-state index in [0.717, 1.165) is 0 Å². The quantitative estimate of drug-likeness (QED) is 0.864. The molecule has 0 radical (unpaired) electrons. The van der Waals surface area contributed by atoms with E-state index in [1.165, 1.54) is 12.1 Å². The summed E-state index contributed by atoms with van der Waals surface area (Å²) in [5, 5.41) is 10.3. The number of nitrogens with zero attached hydrogens (tertiary/aromatic N) is 2. The number of carbonyl (C=O) groups excluding carboxylic acids is 1. The molecule has 4 nitrogen and oxygen atoms in total. The van der Waals surface area contributed by atoms with Gasteiger partial charge < -0.3 is 10.0 Å². The standard InChI is InChI=1S/C17H23FN2O2/c1-4-17(22)20-8-7-19(10-13(20)3)11-16(21)14-6-5-12(2)15(18)9-14/h4-6,9,13,16,21H,1,7-8,10-11H2,2-3H3/t13-,16-/m1/s1. The Labute approximate surface area is 130 Å². The van der Waals surface area contributed by atoms with Crippen LogP contribution in [0, 0.1) is 12.7 Å². The second-order valence-corrected chi connectivity index (χ2v) is 5.87. The van der Waals surface area contributed by atoms with Gasteiger partial charge in [0.1, 0.15) is 5.82 Å². The number of hydrogen-bond acceptors (Lipinski definition) is 3. The van der Waals surface area contributed by atoms with Crippen molar-refractivity contribution < 1.29 is 14.3 Å². The first-order chi connectivity index (χ1) is 10.4. The molecule has 0 aliphatic carbocycles. The molecule has 1 aliphatic rings. The zero-order valence-corrected chi connectivity index (χ0v) is 13.1. The normalized spacial score (nSPS) is 20.7. The van der Waals surface area contributed by atoms with Crippen LogP contribution >= 0.6 is 0 Å². The summed E-state index contributed by atoms with van der Waals surface area (Å²) in [5.74, 6) is -0.361. The maximum Gasteiger partial charge on any atom is 0.246 e. The van der Waals surface area contributed by atoms with Gasteiger partial charge in [-0.1, -0.05) is 18.7 Å². The van der Waals surface area contributed by atoms with Crippen LogP contribution in [0.2, 0.25) is 0 Å². The SMILES string of the molecule is C=CC(=O)N1CCN(C[C@@H](O)c2ccc(C)c(F)c2)C[C@H]1C. The zero-order valence-electron chi connectivity index (χ0n) is 13.1. The van der Waals surface area contributed by atoms with E-state index in [4.69, 9.17) is 0 Å². The van der Waals surface area contributed by atoms with Crippen LogP contribution in [0.5, 0.6) is 0 Å². The molecular formula is C17H23FN2O2. The lowest BCUT2D eigenvalue weighted by Gasteiger charge is -2.40. The summed E-state index contributed by atoms with van der Waals surface area (Å²) in [4.78, 5) is 15.6. The highest BCUT2D eigenvalue weighted by atomic mass is 19.1. The van der Waals surface area contributed by atoms with Crippen LogP contribution in [0.3, 0.4) is 0 Å². The van der Waals surface area contributed by atoms with E-state index in [1.54, 1.807) is 24.0 Å². The Bertz CT molecular complexity index is 562. The van der Waals surface area contributed by atoms with Crippen molar-refractivity contribution in [2.24, 2.45) is 0 Å². The summed E-state index contributed by atoms with van der Waals surface area (Å²) in [7, 11) is 0. The van der Waals surface area contributed by atoms with E-state index >= 15 is 0 Å². The van der Waals surface area contributed by atoms with Gasteiger partial charge in [0.05, 0.1) is 6.10 Å². The van der Waals surface area contributed by atoms with Crippen LogP contribution in [-0.4, -0.2) is 53.0 Å². The van der Waals surface area contributed by atoms with Gasteiger partial charge >= 0.3 is 0 Å². The van der Waals surface area contributed by atoms with Crippen molar-refractivity contribution in [1.82, 2.24) is 9.80 Å². The van der Waals surface area contributed by atoms with Crippen LogP contribution in [0.15, 0.2) is 30.9 Å². The van der Waals surface area contributed by atoms with E-state index in [0.29, 0.717) is 37.3 Å². The van der Waals surface area contributed by atoms with E-state index in [1.807, 2.05) is 6.92 Å². The van der Waals surface area contributed by atoms with Crippen molar-refractivity contribution in [3.8, 4) is 0 Å². The summed E-state index contributed by atoms with van der Waals surface area (Å²) in [6.07, 6.45) is 0.597. The molecule has 120 valence electrons. The third kappa shape index (κ3) is 3.72. The fourth-order valence-corrected chi connectivity index (χ4v) is 2.81. The molecule has 0 bridgehead atoms. The number of β-amino-alcohol motifs (C(OH)–C–C–N with tert-alkyl or cyclic N) is 1. The number of aliphatic hydroxyl groups is 1. The molecule has 1 saturated heterocycles. The molecule has 2 atom stereocenters. The maximum absolute atomic E-state index is 13.6. The van der Waals surface area contributed by atoms with Crippen molar-refractivity contribution in [3.05, 3.63) is 47.8 Å². The van der Waals surface area contributed by atoms with Crippen LogP contribution in [0.4, 0.5) is 4.39 Å². The minimum absolute atomic E-state index is 0.0618. The lowest BCUT2D eigenvalue weighted by Crippen LogP contribution is -2.54. The number of amides is 1. The van der Waals surface area contributed by atoms with Crippen LogP contribution < -0.4 is 0 Å². The van der Waals surface area contributed by atoms with Crippen LogP contribution in [-0.2, 0) is 4.79 Å². The minimum atomic E-state index is -0.732. The Balaban J connectivity index is 1.95. The van der Waals surface area contributed by atoms with Crippen LogP contribution in [0.1, 0.15) is 24.2 Å². The zero-order chi connectivity index (χ0) is 16.3. The monoisotopic (exact) mass is 306 g/mol. The molecule has 0 spiro atoms. The molecule has 1 aromatic carbocycles. The number of rotatable bonds is 4. The smallest absolute Gasteiger partial charge is 0.246 e. The fourth-order valence-electron chi connectivity index (χ4n) is 2.81. The number of benzene rings is 1. The molecule has 1 fully saturated rings. The number of carbonyl (C=O) groups is 1. The van der Waals surface area contributed by atoms with Crippen molar-refractivity contribution in [2.45, 2.75) is 26.0 Å². The van der Waals surface area contributed by atoms with Gasteiger partial charge in [-0.3, -0.25) is 9.69 Å². The minimum Gasteiger partial charge on any atom is -0.387 e. The second-order valence-electron chi connectivity index (χ2n) is 5.87. The molecule has 0 aromatic heterocycles. The first-order valence-corrected chi connectivity index (χ1v) is 7.52. The first kappa shape index (κ1) is 16.6. The van der Waals surface area contributed by atoms with Gasteiger partial charge in [0.2, 0.25) is 5.91 Å². The summed E-state index contributed by atoms with van der Waals surface area (Å²) in [6.45, 7) is 9.61. The highest BCUT2D eigenvalue weighted by molar-refractivity contribution is 5.87.